The quantitative estimate of drug-likeness (QED) is 0.912. The van der Waals surface area contributed by atoms with Crippen molar-refractivity contribution in [1.82, 2.24) is 4.98 Å². The van der Waals surface area contributed by atoms with Gasteiger partial charge in [-0.2, -0.15) is 5.26 Å². The molecule has 2 aromatic rings. The van der Waals surface area contributed by atoms with E-state index in [0.717, 1.165) is 11.1 Å². The summed E-state index contributed by atoms with van der Waals surface area (Å²) in [6, 6.07) is 11.0. The van der Waals surface area contributed by atoms with Crippen LogP contribution in [-0.4, -0.2) is 22.6 Å². The highest BCUT2D eigenvalue weighted by atomic mass is 16.4. The zero-order valence-corrected chi connectivity index (χ0v) is 11.3. The average Bonchev–Trinajstić information content (AvgIpc) is 2.53. The summed E-state index contributed by atoms with van der Waals surface area (Å²) in [4.78, 5) is 17.6. The van der Waals surface area contributed by atoms with Gasteiger partial charge in [0.25, 0.3) is 0 Å². The van der Waals surface area contributed by atoms with Crippen molar-refractivity contribution >= 4 is 11.8 Å². The highest BCUT2D eigenvalue weighted by Crippen LogP contribution is 2.27. The van der Waals surface area contributed by atoms with Crippen LogP contribution in [0.1, 0.15) is 27.0 Å². The van der Waals surface area contributed by atoms with Crippen LogP contribution < -0.4 is 4.90 Å². The summed E-state index contributed by atoms with van der Waals surface area (Å²) in [5.41, 5.74) is 2.77. The normalized spacial score (nSPS) is 13.4. The Kier molecular flexibility index (Phi) is 3.28. The molecule has 21 heavy (non-hydrogen) atoms. The third-order valence-electron chi connectivity index (χ3n) is 3.70. The van der Waals surface area contributed by atoms with E-state index in [1.807, 2.05) is 11.0 Å². The maximum Gasteiger partial charge on any atom is 0.335 e. The molecule has 0 saturated carbocycles. The fourth-order valence-electron chi connectivity index (χ4n) is 2.73. The Labute approximate surface area is 122 Å². The maximum absolute atomic E-state index is 11.3. The average molecular weight is 279 g/mol. The van der Waals surface area contributed by atoms with E-state index in [4.69, 9.17) is 5.26 Å². The molecular formula is C16H13N3O2. The molecule has 0 aliphatic carbocycles. The molecule has 1 aliphatic heterocycles. The van der Waals surface area contributed by atoms with E-state index >= 15 is 0 Å². The minimum atomic E-state index is -0.893. The van der Waals surface area contributed by atoms with Gasteiger partial charge in [-0.05, 0) is 35.7 Å². The van der Waals surface area contributed by atoms with E-state index in [0.29, 0.717) is 36.5 Å². The molecule has 1 aliphatic rings. The monoisotopic (exact) mass is 279 g/mol. The first-order valence-electron chi connectivity index (χ1n) is 6.65. The van der Waals surface area contributed by atoms with Crippen LogP contribution in [0.25, 0.3) is 0 Å². The maximum atomic E-state index is 11.3. The highest BCUT2D eigenvalue weighted by molar-refractivity contribution is 5.90. The van der Waals surface area contributed by atoms with E-state index < -0.39 is 5.97 Å². The number of nitrogens with zero attached hydrogens (tertiary/aromatic N) is 3. The smallest absolute Gasteiger partial charge is 0.335 e. The summed E-state index contributed by atoms with van der Waals surface area (Å²) >= 11 is 0. The van der Waals surface area contributed by atoms with Gasteiger partial charge in [-0.25, -0.2) is 9.78 Å². The Hall–Kier alpha value is -2.87. The zero-order valence-electron chi connectivity index (χ0n) is 11.3. The first kappa shape index (κ1) is 13.1. The molecule has 0 radical (unpaired) electrons. The molecule has 0 atom stereocenters. The van der Waals surface area contributed by atoms with Crippen LogP contribution in [0.5, 0.6) is 0 Å². The van der Waals surface area contributed by atoms with Gasteiger partial charge in [0, 0.05) is 19.3 Å². The molecule has 1 aromatic heterocycles. The minimum absolute atomic E-state index is 0.369. The van der Waals surface area contributed by atoms with Crippen molar-refractivity contribution in [2.24, 2.45) is 0 Å². The van der Waals surface area contributed by atoms with Gasteiger partial charge in [-0.3, -0.25) is 0 Å². The Morgan fingerprint density at radius 2 is 2.19 bits per heavy atom. The van der Waals surface area contributed by atoms with E-state index in [1.165, 1.54) is 0 Å². The molecular weight excluding hydrogens is 266 g/mol. The summed E-state index contributed by atoms with van der Waals surface area (Å²) in [6.45, 7) is 1.23. The number of benzene rings is 1. The van der Waals surface area contributed by atoms with Crippen molar-refractivity contribution in [3.05, 3.63) is 58.8 Å². The number of anilines is 1. The van der Waals surface area contributed by atoms with Crippen LogP contribution in [0.2, 0.25) is 0 Å². The summed E-state index contributed by atoms with van der Waals surface area (Å²) in [7, 11) is 0. The predicted octanol–water partition coefficient (Wildman–Crippen LogP) is 2.21. The van der Waals surface area contributed by atoms with Gasteiger partial charge in [-0.15, -0.1) is 0 Å². The first-order valence-corrected chi connectivity index (χ1v) is 6.65. The van der Waals surface area contributed by atoms with Gasteiger partial charge in [0.05, 0.1) is 11.1 Å². The lowest BCUT2D eigenvalue weighted by Crippen LogP contribution is -2.32. The number of hydrogen-bond acceptors (Lipinski definition) is 4. The fourth-order valence-corrected chi connectivity index (χ4v) is 2.73. The van der Waals surface area contributed by atoms with Crippen molar-refractivity contribution in [1.29, 1.82) is 5.26 Å². The molecule has 0 unspecified atom stereocenters. The van der Waals surface area contributed by atoms with Crippen LogP contribution in [0.3, 0.4) is 0 Å². The SMILES string of the molecule is N#Cc1cccnc1N1CCc2c(cccc2C(=O)O)C1. The van der Waals surface area contributed by atoms with Crippen molar-refractivity contribution < 1.29 is 9.90 Å². The van der Waals surface area contributed by atoms with E-state index in [1.54, 1.807) is 30.5 Å². The molecule has 0 fully saturated rings. The zero-order chi connectivity index (χ0) is 14.8. The van der Waals surface area contributed by atoms with Crippen molar-refractivity contribution in [3.63, 3.8) is 0 Å². The Morgan fingerprint density at radius 1 is 1.33 bits per heavy atom. The van der Waals surface area contributed by atoms with Crippen LogP contribution in [0, 0.1) is 11.3 Å². The highest BCUT2D eigenvalue weighted by Gasteiger charge is 2.23. The molecule has 1 N–H and O–H groups in total. The number of carbonyl (C=O) groups is 1. The first-order chi connectivity index (χ1) is 10.2. The lowest BCUT2D eigenvalue weighted by atomic mass is 9.94. The Bertz CT molecular complexity index is 749. The van der Waals surface area contributed by atoms with Gasteiger partial charge in [0.1, 0.15) is 11.9 Å². The Morgan fingerprint density at radius 3 is 2.95 bits per heavy atom. The molecule has 5 nitrogen and oxygen atoms in total. The van der Waals surface area contributed by atoms with Crippen LogP contribution in [0.15, 0.2) is 36.5 Å². The summed E-state index contributed by atoms with van der Waals surface area (Å²) in [5, 5.41) is 18.4. The number of hydrogen-bond donors (Lipinski definition) is 1. The molecule has 3 rings (SSSR count). The van der Waals surface area contributed by atoms with Crippen molar-refractivity contribution in [2.75, 3.05) is 11.4 Å². The van der Waals surface area contributed by atoms with Crippen LogP contribution in [0.4, 0.5) is 5.82 Å². The summed E-state index contributed by atoms with van der Waals surface area (Å²) in [5.74, 6) is -0.234. The molecule has 104 valence electrons. The van der Waals surface area contributed by atoms with E-state index in [9.17, 15) is 9.90 Å². The van der Waals surface area contributed by atoms with Gasteiger partial charge in [0.15, 0.2) is 0 Å². The summed E-state index contributed by atoms with van der Waals surface area (Å²) < 4.78 is 0. The number of aromatic carboxylic acids is 1. The standard InChI is InChI=1S/C16H13N3O2/c17-9-11-4-2-7-18-15(11)19-8-6-13-12(10-19)3-1-5-14(13)16(20)21/h1-5,7H,6,8,10H2,(H,20,21). The fraction of sp³-hybridized carbons (Fsp3) is 0.188. The molecule has 0 spiro atoms. The molecule has 0 saturated heterocycles. The third-order valence-corrected chi connectivity index (χ3v) is 3.70. The number of rotatable bonds is 2. The van der Waals surface area contributed by atoms with E-state index in [-0.39, 0.29) is 0 Å². The molecule has 2 heterocycles. The number of pyridine rings is 1. The second-order valence-electron chi connectivity index (χ2n) is 4.91. The number of carboxylic acid groups (broad SMARTS) is 1. The minimum Gasteiger partial charge on any atom is -0.478 e. The van der Waals surface area contributed by atoms with Crippen molar-refractivity contribution in [3.8, 4) is 6.07 Å². The molecule has 5 heteroatoms. The molecule has 0 amide bonds. The Balaban J connectivity index is 1.97. The van der Waals surface area contributed by atoms with Gasteiger partial charge < -0.3 is 10.0 Å². The lowest BCUT2D eigenvalue weighted by Gasteiger charge is -2.30. The van der Waals surface area contributed by atoms with Gasteiger partial charge >= 0.3 is 5.97 Å². The van der Waals surface area contributed by atoms with Gasteiger partial charge in [-0.1, -0.05) is 12.1 Å². The second kappa shape index (κ2) is 5.25. The molecule has 1 aromatic carbocycles. The largest absolute Gasteiger partial charge is 0.478 e. The number of fused-ring (bicyclic) bond motifs is 1. The lowest BCUT2D eigenvalue weighted by molar-refractivity contribution is 0.0695. The van der Waals surface area contributed by atoms with E-state index in [2.05, 4.69) is 11.1 Å². The van der Waals surface area contributed by atoms with Gasteiger partial charge in [0.2, 0.25) is 0 Å². The number of nitriles is 1. The van der Waals surface area contributed by atoms with Crippen LogP contribution >= 0.6 is 0 Å². The van der Waals surface area contributed by atoms with Crippen molar-refractivity contribution in [2.45, 2.75) is 13.0 Å². The number of aromatic nitrogens is 1. The summed E-state index contributed by atoms with van der Waals surface area (Å²) in [6.07, 6.45) is 2.30. The second-order valence-corrected chi connectivity index (χ2v) is 4.91. The topological polar surface area (TPSA) is 77.2 Å². The number of carboxylic acids is 1. The third kappa shape index (κ3) is 2.32. The predicted molar refractivity (Wildman–Crippen MR) is 77.1 cm³/mol. The van der Waals surface area contributed by atoms with Crippen LogP contribution in [-0.2, 0) is 13.0 Å². The molecule has 0 bridgehead atoms.